The molecule has 0 radical (unpaired) electrons. The maximum atomic E-state index is 13.1. The Morgan fingerprint density at radius 1 is 1.24 bits per heavy atom. The van der Waals surface area contributed by atoms with E-state index in [9.17, 15) is 18.0 Å². The molecule has 0 bridgehead atoms. The van der Waals surface area contributed by atoms with Crippen molar-refractivity contribution in [2.75, 3.05) is 0 Å². The van der Waals surface area contributed by atoms with Crippen LogP contribution in [0.2, 0.25) is 0 Å². The van der Waals surface area contributed by atoms with Gasteiger partial charge < -0.3 is 15.8 Å². The molecular formula is C14H19F3N2O2. The Hall–Kier alpha value is -1.76. The van der Waals surface area contributed by atoms with Gasteiger partial charge in [0.25, 0.3) is 0 Å². The maximum Gasteiger partial charge on any atom is 0.412 e. The lowest BCUT2D eigenvalue weighted by molar-refractivity contribution is -0.156. The number of rotatable bonds is 3. The predicted octanol–water partition coefficient (Wildman–Crippen LogP) is 3.27. The second-order valence-electron chi connectivity index (χ2n) is 5.57. The van der Waals surface area contributed by atoms with E-state index in [1.165, 1.54) is 24.3 Å². The van der Waals surface area contributed by atoms with Gasteiger partial charge in [0.2, 0.25) is 0 Å². The van der Waals surface area contributed by atoms with Gasteiger partial charge in [-0.2, -0.15) is 13.2 Å². The number of benzene rings is 1. The monoisotopic (exact) mass is 304 g/mol. The highest BCUT2D eigenvalue weighted by Crippen LogP contribution is 2.33. The highest BCUT2D eigenvalue weighted by Gasteiger charge is 2.42. The topological polar surface area (TPSA) is 64.3 Å². The molecule has 0 aliphatic carbocycles. The van der Waals surface area contributed by atoms with Gasteiger partial charge in [0.05, 0.1) is 0 Å². The molecule has 0 saturated carbocycles. The highest BCUT2D eigenvalue weighted by molar-refractivity contribution is 5.68. The number of carbonyl (C=O) groups is 1. The molecule has 1 aromatic rings. The van der Waals surface area contributed by atoms with E-state index in [4.69, 9.17) is 10.5 Å². The van der Waals surface area contributed by atoms with Crippen LogP contribution in [0, 0.1) is 0 Å². The summed E-state index contributed by atoms with van der Waals surface area (Å²) >= 11 is 0. The minimum absolute atomic E-state index is 0.0782. The smallest absolute Gasteiger partial charge is 0.412 e. The van der Waals surface area contributed by atoms with Crippen molar-refractivity contribution in [1.82, 2.24) is 5.32 Å². The molecule has 0 unspecified atom stereocenters. The normalized spacial score (nSPS) is 13.7. The number of halogens is 3. The summed E-state index contributed by atoms with van der Waals surface area (Å²) < 4.78 is 44.1. The third-order valence-corrected chi connectivity index (χ3v) is 2.54. The Morgan fingerprint density at radius 2 is 1.76 bits per heavy atom. The quantitative estimate of drug-likeness (QED) is 0.900. The molecule has 21 heavy (non-hydrogen) atoms. The molecule has 1 amide bonds. The summed E-state index contributed by atoms with van der Waals surface area (Å²) in [5, 5.41) is 1.85. The summed E-state index contributed by atoms with van der Waals surface area (Å²) in [5.41, 5.74) is 5.16. The summed E-state index contributed by atoms with van der Waals surface area (Å²) in [7, 11) is 0. The summed E-state index contributed by atoms with van der Waals surface area (Å²) in [6.45, 7) is 4.96. The van der Waals surface area contributed by atoms with Gasteiger partial charge >= 0.3 is 12.3 Å². The Labute approximate surface area is 121 Å². The largest absolute Gasteiger partial charge is 0.444 e. The van der Waals surface area contributed by atoms with Crippen LogP contribution in [0.4, 0.5) is 18.0 Å². The van der Waals surface area contributed by atoms with E-state index >= 15 is 0 Å². The number of carbonyl (C=O) groups excluding carboxylic acids is 1. The number of ether oxygens (including phenoxy) is 1. The molecule has 7 heteroatoms. The van der Waals surface area contributed by atoms with Crippen LogP contribution in [0.5, 0.6) is 0 Å². The van der Waals surface area contributed by atoms with E-state index in [1.54, 1.807) is 20.8 Å². The molecule has 1 rings (SSSR count). The van der Waals surface area contributed by atoms with Gasteiger partial charge in [0, 0.05) is 6.54 Å². The van der Waals surface area contributed by atoms with E-state index in [-0.39, 0.29) is 12.1 Å². The van der Waals surface area contributed by atoms with Crippen molar-refractivity contribution < 1.29 is 22.7 Å². The van der Waals surface area contributed by atoms with Crippen molar-refractivity contribution in [3.05, 3.63) is 35.4 Å². The van der Waals surface area contributed by atoms with Crippen molar-refractivity contribution in [2.45, 2.75) is 45.1 Å². The van der Waals surface area contributed by atoms with Gasteiger partial charge in [0.1, 0.15) is 5.60 Å². The average Bonchev–Trinajstić information content (AvgIpc) is 2.33. The average molecular weight is 304 g/mol. The Bertz CT molecular complexity index is 478. The Morgan fingerprint density at radius 3 is 2.14 bits per heavy atom. The van der Waals surface area contributed by atoms with Crippen LogP contribution >= 0.6 is 0 Å². The second-order valence-corrected chi connectivity index (χ2v) is 5.57. The molecule has 0 heterocycles. The van der Waals surface area contributed by atoms with Crippen molar-refractivity contribution >= 4 is 6.09 Å². The first-order valence-electron chi connectivity index (χ1n) is 6.38. The van der Waals surface area contributed by atoms with Gasteiger partial charge in [-0.05, 0) is 31.9 Å². The molecule has 3 N–H and O–H groups in total. The third-order valence-electron chi connectivity index (χ3n) is 2.54. The first-order valence-corrected chi connectivity index (χ1v) is 6.38. The zero-order valence-electron chi connectivity index (χ0n) is 12.1. The summed E-state index contributed by atoms with van der Waals surface area (Å²) in [6.07, 6.45) is -5.74. The lowest BCUT2D eigenvalue weighted by Crippen LogP contribution is -2.41. The van der Waals surface area contributed by atoms with Crippen molar-refractivity contribution in [3.8, 4) is 0 Å². The minimum Gasteiger partial charge on any atom is -0.444 e. The fourth-order valence-electron chi connectivity index (χ4n) is 1.63. The molecule has 1 aromatic carbocycles. The molecule has 0 aromatic heterocycles. The van der Waals surface area contributed by atoms with Crippen LogP contribution in [0.1, 0.15) is 37.9 Å². The lowest BCUT2D eigenvalue weighted by atomic mass is 10.0. The van der Waals surface area contributed by atoms with Gasteiger partial charge in [-0.15, -0.1) is 0 Å². The second kappa shape index (κ2) is 6.34. The lowest BCUT2D eigenvalue weighted by Gasteiger charge is -2.25. The fraction of sp³-hybridized carbons (Fsp3) is 0.500. The van der Waals surface area contributed by atoms with Gasteiger partial charge in [-0.3, -0.25) is 0 Å². The van der Waals surface area contributed by atoms with Crippen molar-refractivity contribution in [2.24, 2.45) is 5.73 Å². The SMILES string of the molecule is CC(C)(C)OC(=O)N[C@H](c1ccc(CN)cc1)C(F)(F)F. The van der Waals surface area contributed by atoms with Gasteiger partial charge in [-0.25, -0.2) is 4.79 Å². The zero-order valence-corrected chi connectivity index (χ0v) is 12.1. The number of nitrogens with one attached hydrogen (secondary N) is 1. The van der Waals surface area contributed by atoms with Crippen LogP contribution in [0.3, 0.4) is 0 Å². The first-order chi connectivity index (χ1) is 9.53. The van der Waals surface area contributed by atoms with E-state index in [0.29, 0.717) is 5.56 Å². The standard InChI is InChI=1S/C14H19F3N2O2/c1-13(2,3)21-12(20)19-11(14(15,16)17)10-6-4-9(8-18)5-7-10/h4-7,11H,8,18H2,1-3H3,(H,19,20)/t11-/m1/s1. The van der Waals surface area contributed by atoms with Crippen LogP contribution in [0.15, 0.2) is 24.3 Å². The van der Waals surface area contributed by atoms with Gasteiger partial charge in [-0.1, -0.05) is 24.3 Å². The van der Waals surface area contributed by atoms with Crippen LogP contribution in [-0.2, 0) is 11.3 Å². The highest BCUT2D eigenvalue weighted by atomic mass is 19.4. The maximum absolute atomic E-state index is 13.1. The van der Waals surface area contributed by atoms with Crippen molar-refractivity contribution in [1.29, 1.82) is 0 Å². The number of amides is 1. The Kier molecular flexibility index (Phi) is 5.22. The summed E-state index contributed by atoms with van der Waals surface area (Å²) in [4.78, 5) is 11.6. The number of alkyl halides is 3. The van der Waals surface area contributed by atoms with Gasteiger partial charge in [0.15, 0.2) is 6.04 Å². The van der Waals surface area contributed by atoms with E-state index in [0.717, 1.165) is 0 Å². The van der Waals surface area contributed by atoms with Crippen LogP contribution in [-0.4, -0.2) is 17.9 Å². The molecule has 118 valence electrons. The number of alkyl carbamates (subject to hydrolysis) is 1. The van der Waals surface area contributed by atoms with Crippen LogP contribution in [0.25, 0.3) is 0 Å². The molecule has 1 atom stereocenters. The molecular weight excluding hydrogens is 285 g/mol. The predicted molar refractivity (Wildman–Crippen MR) is 72.5 cm³/mol. The molecule has 0 saturated heterocycles. The van der Waals surface area contributed by atoms with E-state index in [1.807, 2.05) is 5.32 Å². The number of hydrogen-bond donors (Lipinski definition) is 2. The number of nitrogens with two attached hydrogens (primary N) is 1. The summed E-state index contributed by atoms with van der Waals surface area (Å²) in [5.74, 6) is 0. The van der Waals surface area contributed by atoms with Crippen molar-refractivity contribution in [3.63, 3.8) is 0 Å². The zero-order chi connectivity index (χ0) is 16.3. The fourth-order valence-corrected chi connectivity index (χ4v) is 1.63. The Balaban J connectivity index is 2.93. The molecule has 0 aliphatic rings. The summed E-state index contributed by atoms with van der Waals surface area (Å²) in [6, 6.07) is 3.43. The van der Waals surface area contributed by atoms with E-state index < -0.39 is 23.9 Å². The molecule has 0 fully saturated rings. The van der Waals surface area contributed by atoms with Crippen LogP contribution < -0.4 is 11.1 Å². The molecule has 4 nitrogen and oxygen atoms in total. The minimum atomic E-state index is -4.62. The molecule has 0 aliphatic heterocycles. The van der Waals surface area contributed by atoms with E-state index in [2.05, 4.69) is 0 Å². The first kappa shape index (κ1) is 17.3. The number of hydrogen-bond acceptors (Lipinski definition) is 3. The third kappa shape index (κ3) is 5.63. The molecule has 0 spiro atoms.